The molecule has 4 rings (SSSR count). The highest BCUT2D eigenvalue weighted by atomic mass is 32.2. The van der Waals surface area contributed by atoms with Crippen molar-refractivity contribution in [3.8, 4) is 0 Å². The first-order chi connectivity index (χ1) is 12.3. The lowest BCUT2D eigenvalue weighted by Crippen LogP contribution is -2.46. The number of pyridine rings is 1. The molecule has 1 amide bonds. The Morgan fingerprint density at radius 2 is 1.92 bits per heavy atom. The Balaban J connectivity index is 1.39. The van der Waals surface area contributed by atoms with Crippen molar-refractivity contribution in [3.63, 3.8) is 0 Å². The molecule has 3 heterocycles. The van der Waals surface area contributed by atoms with Crippen molar-refractivity contribution in [1.82, 2.24) is 19.6 Å². The molecule has 5 nitrogen and oxygen atoms in total. The monoisotopic (exact) mass is 352 g/mol. The predicted molar refractivity (Wildman–Crippen MR) is 100.0 cm³/mol. The number of rotatable bonds is 4. The molecule has 6 heteroatoms. The number of nitrogens with zero attached hydrogens (tertiary/aromatic N) is 3. The van der Waals surface area contributed by atoms with E-state index in [1.54, 1.807) is 11.8 Å². The quantitative estimate of drug-likeness (QED) is 0.734. The first kappa shape index (κ1) is 16.2. The molecular formula is C19H20N4OS. The highest BCUT2D eigenvalue weighted by Gasteiger charge is 2.17. The molecule has 0 unspecified atom stereocenters. The normalized spacial score (nSPS) is 14.8. The van der Waals surface area contributed by atoms with Crippen LogP contribution in [0.15, 0.2) is 59.8 Å². The molecule has 0 bridgehead atoms. The Morgan fingerprint density at radius 1 is 1.12 bits per heavy atom. The third-order valence-electron chi connectivity index (χ3n) is 4.31. The van der Waals surface area contributed by atoms with Crippen LogP contribution in [0, 0.1) is 0 Å². The highest BCUT2D eigenvalue weighted by molar-refractivity contribution is 7.98. The van der Waals surface area contributed by atoms with Crippen LogP contribution in [0.1, 0.15) is 16.1 Å². The van der Waals surface area contributed by atoms with Gasteiger partial charge < -0.3 is 14.6 Å². The molecule has 1 aliphatic rings. The molecule has 0 saturated carbocycles. The summed E-state index contributed by atoms with van der Waals surface area (Å²) in [5.74, 6) is 0.936. The maximum atomic E-state index is 12.5. The van der Waals surface area contributed by atoms with E-state index in [1.165, 1.54) is 0 Å². The van der Waals surface area contributed by atoms with E-state index in [1.807, 2.05) is 58.0 Å². The van der Waals surface area contributed by atoms with Crippen molar-refractivity contribution in [1.29, 1.82) is 0 Å². The Morgan fingerprint density at radius 3 is 2.68 bits per heavy atom. The van der Waals surface area contributed by atoms with E-state index in [0.717, 1.165) is 53.7 Å². The molecule has 1 saturated heterocycles. The summed E-state index contributed by atoms with van der Waals surface area (Å²) < 4.78 is 2.03. The largest absolute Gasteiger partial charge is 0.336 e. The maximum absolute atomic E-state index is 12.5. The lowest BCUT2D eigenvalue weighted by atomic mass is 10.2. The van der Waals surface area contributed by atoms with Gasteiger partial charge in [0.05, 0.1) is 5.69 Å². The van der Waals surface area contributed by atoms with Crippen molar-refractivity contribution in [2.75, 3.05) is 26.2 Å². The van der Waals surface area contributed by atoms with E-state index in [-0.39, 0.29) is 5.91 Å². The molecule has 25 heavy (non-hydrogen) atoms. The second kappa shape index (κ2) is 7.29. The smallest absolute Gasteiger partial charge is 0.253 e. The van der Waals surface area contributed by atoms with Gasteiger partial charge in [0, 0.05) is 54.8 Å². The number of benzene rings is 1. The van der Waals surface area contributed by atoms with Crippen molar-refractivity contribution < 1.29 is 4.79 Å². The number of amides is 1. The number of thioether (sulfide) groups is 1. The van der Waals surface area contributed by atoms with Gasteiger partial charge in [0.1, 0.15) is 5.65 Å². The second-order valence-electron chi connectivity index (χ2n) is 6.05. The maximum Gasteiger partial charge on any atom is 0.253 e. The zero-order chi connectivity index (χ0) is 17.1. The third kappa shape index (κ3) is 3.70. The molecule has 0 aliphatic carbocycles. The minimum Gasteiger partial charge on any atom is -0.336 e. The topological polar surface area (TPSA) is 49.6 Å². The fourth-order valence-electron chi connectivity index (χ4n) is 2.96. The number of fused-ring (bicyclic) bond motifs is 1. The first-order valence-corrected chi connectivity index (χ1v) is 9.44. The number of carbonyl (C=O) groups is 1. The molecule has 128 valence electrons. The van der Waals surface area contributed by atoms with Crippen LogP contribution in [0.5, 0.6) is 0 Å². The first-order valence-electron chi connectivity index (χ1n) is 8.45. The van der Waals surface area contributed by atoms with Crippen LogP contribution in [-0.2, 0) is 5.75 Å². The average Bonchev–Trinajstić information content (AvgIpc) is 3.10. The molecule has 0 atom stereocenters. The fourth-order valence-corrected chi connectivity index (χ4v) is 3.74. The van der Waals surface area contributed by atoms with Gasteiger partial charge in [0.15, 0.2) is 0 Å². The van der Waals surface area contributed by atoms with E-state index in [4.69, 9.17) is 0 Å². The van der Waals surface area contributed by atoms with E-state index in [2.05, 4.69) is 16.5 Å². The van der Waals surface area contributed by atoms with Crippen LogP contribution in [-0.4, -0.2) is 46.4 Å². The molecule has 1 N–H and O–H groups in total. The molecule has 0 radical (unpaired) electrons. The van der Waals surface area contributed by atoms with E-state index < -0.39 is 0 Å². The zero-order valence-electron chi connectivity index (χ0n) is 13.9. The number of aromatic nitrogens is 2. The summed E-state index contributed by atoms with van der Waals surface area (Å²) in [7, 11) is 0. The SMILES string of the molecule is O=C(c1ccc(SCc2cn3ccccc3n2)cc1)N1CCNCC1. The molecule has 2 aromatic heterocycles. The number of carbonyl (C=O) groups excluding carboxylic acids is 1. The minimum absolute atomic E-state index is 0.124. The fraction of sp³-hybridized carbons (Fsp3) is 0.263. The van der Waals surface area contributed by atoms with Crippen molar-refractivity contribution in [3.05, 3.63) is 66.1 Å². The third-order valence-corrected chi connectivity index (χ3v) is 5.35. The van der Waals surface area contributed by atoms with Gasteiger partial charge in [-0.25, -0.2) is 4.98 Å². The summed E-state index contributed by atoms with van der Waals surface area (Å²) in [5, 5.41) is 3.27. The van der Waals surface area contributed by atoms with Gasteiger partial charge in [0.2, 0.25) is 0 Å². The molecule has 0 spiro atoms. The molecular weight excluding hydrogens is 332 g/mol. The molecule has 3 aromatic rings. The summed E-state index contributed by atoms with van der Waals surface area (Å²) in [6.07, 6.45) is 4.07. The second-order valence-corrected chi connectivity index (χ2v) is 7.10. The number of piperazine rings is 1. The van der Waals surface area contributed by atoms with Crippen molar-refractivity contribution >= 4 is 23.3 Å². The minimum atomic E-state index is 0.124. The zero-order valence-corrected chi connectivity index (χ0v) is 14.7. The summed E-state index contributed by atoms with van der Waals surface area (Å²) in [4.78, 5) is 20.1. The summed E-state index contributed by atoms with van der Waals surface area (Å²) in [6.45, 7) is 3.31. The van der Waals surface area contributed by atoms with Crippen LogP contribution >= 0.6 is 11.8 Å². The van der Waals surface area contributed by atoms with Crippen molar-refractivity contribution in [2.45, 2.75) is 10.6 Å². The number of hydrogen-bond acceptors (Lipinski definition) is 4. The molecule has 1 aliphatic heterocycles. The van der Waals surface area contributed by atoms with Gasteiger partial charge in [-0.1, -0.05) is 6.07 Å². The Hall–Kier alpha value is -2.31. The Bertz CT molecular complexity index is 836. The number of nitrogens with one attached hydrogen (secondary N) is 1. The van der Waals surface area contributed by atoms with Gasteiger partial charge in [0.25, 0.3) is 5.91 Å². The van der Waals surface area contributed by atoms with Gasteiger partial charge in [-0.05, 0) is 36.4 Å². The van der Waals surface area contributed by atoms with Gasteiger partial charge >= 0.3 is 0 Å². The van der Waals surface area contributed by atoms with Gasteiger partial charge in [-0.3, -0.25) is 4.79 Å². The standard InChI is InChI=1S/C19H20N4OS/c24-19(22-11-8-20-9-12-22)15-4-6-17(7-5-15)25-14-16-13-23-10-2-1-3-18(23)21-16/h1-7,10,13,20H,8-9,11-12,14H2. The lowest BCUT2D eigenvalue weighted by molar-refractivity contribution is 0.0736. The van der Waals surface area contributed by atoms with E-state index in [9.17, 15) is 4.79 Å². The van der Waals surface area contributed by atoms with Crippen molar-refractivity contribution in [2.24, 2.45) is 0 Å². The summed E-state index contributed by atoms with van der Waals surface area (Å²) in [5.41, 5.74) is 2.78. The lowest BCUT2D eigenvalue weighted by Gasteiger charge is -2.27. The Labute approximate surface area is 151 Å². The number of hydrogen-bond donors (Lipinski definition) is 1. The molecule has 1 aromatic carbocycles. The summed E-state index contributed by atoms with van der Waals surface area (Å²) >= 11 is 1.73. The summed E-state index contributed by atoms with van der Waals surface area (Å²) in [6, 6.07) is 13.9. The van der Waals surface area contributed by atoms with Crippen LogP contribution < -0.4 is 5.32 Å². The Kier molecular flexibility index (Phi) is 4.72. The number of imidazole rings is 1. The average molecular weight is 352 g/mol. The van der Waals surface area contributed by atoms with Crippen LogP contribution in [0.4, 0.5) is 0 Å². The van der Waals surface area contributed by atoms with E-state index in [0.29, 0.717) is 0 Å². The van der Waals surface area contributed by atoms with Gasteiger partial charge in [-0.2, -0.15) is 0 Å². The van der Waals surface area contributed by atoms with Crippen LogP contribution in [0.2, 0.25) is 0 Å². The van der Waals surface area contributed by atoms with Crippen LogP contribution in [0.3, 0.4) is 0 Å². The van der Waals surface area contributed by atoms with Gasteiger partial charge in [-0.15, -0.1) is 11.8 Å². The van der Waals surface area contributed by atoms with E-state index >= 15 is 0 Å². The molecule has 1 fully saturated rings. The predicted octanol–water partition coefficient (Wildman–Crippen LogP) is 2.67. The van der Waals surface area contributed by atoms with Crippen LogP contribution in [0.25, 0.3) is 5.65 Å². The highest BCUT2D eigenvalue weighted by Crippen LogP contribution is 2.23.